The lowest BCUT2D eigenvalue weighted by Crippen LogP contribution is -2.10. The average molecular weight is 336 g/mol. The molecule has 0 spiro atoms. The van der Waals surface area contributed by atoms with Crippen molar-refractivity contribution in [3.05, 3.63) is 39.0 Å². The summed E-state index contributed by atoms with van der Waals surface area (Å²) in [7, 11) is 0. The van der Waals surface area contributed by atoms with E-state index >= 15 is 0 Å². The number of anilines is 2. The lowest BCUT2D eigenvalue weighted by atomic mass is 10.2. The van der Waals surface area contributed by atoms with Crippen LogP contribution in [-0.4, -0.2) is 11.5 Å². The van der Waals surface area contributed by atoms with Crippen LogP contribution in [0.3, 0.4) is 0 Å². The molecule has 0 aliphatic rings. The minimum Gasteiger partial charge on any atom is -0.370 e. The molecule has 21 heavy (non-hydrogen) atoms. The third-order valence-corrected chi connectivity index (χ3v) is 3.81. The maximum absolute atomic E-state index is 12.9. The van der Waals surface area contributed by atoms with E-state index < -0.39 is 11.7 Å². The summed E-state index contributed by atoms with van der Waals surface area (Å²) < 4.78 is 39.2. The van der Waals surface area contributed by atoms with Crippen LogP contribution in [0.5, 0.6) is 0 Å². The third-order valence-electron chi connectivity index (χ3n) is 2.58. The zero-order valence-corrected chi connectivity index (χ0v) is 12.7. The van der Waals surface area contributed by atoms with Crippen molar-refractivity contribution in [1.29, 1.82) is 0 Å². The Hall–Kier alpha value is -1.47. The Balaban J connectivity index is 2.19. The molecule has 2 N–H and O–H groups in total. The van der Waals surface area contributed by atoms with Gasteiger partial charge in [-0.05, 0) is 31.2 Å². The molecule has 0 saturated heterocycles. The predicted octanol–water partition coefficient (Wildman–Crippen LogP) is 4.86. The zero-order chi connectivity index (χ0) is 15.5. The molecule has 114 valence electrons. The fourth-order valence-corrected chi connectivity index (χ4v) is 2.71. The van der Waals surface area contributed by atoms with Crippen molar-refractivity contribution in [2.75, 3.05) is 17.2 Å². The molecule has 0 saturated carbocycles. The molecular weight excluding hydrogens is 323 g/mol. The highest BCUT2D eigenvalue weighted by Crippen LogP contribution is 2.32. The Bertz CT molecular complexity index is 613. The maximum Gasteiger partial charge on any atom is 0.416 e. The van der Waals surface area contributed by atoms with Crippen molar-refractivity contribution < 1.29 is 13.2 Å². The highest BCUT2D eigenvalue weighted by atomic mass is 35.5. The van der Waals surface area contributed by atoms with Crippen molar-refractivity contribution in [3.63, 3.8) is 0 Å². The molecule has 0 unspecified atom stereocenters. The smallest absolute Gasteiger partial charge is 0.370 e. The summed E-state index contributed by atoms with van der Waals surface area (Å²) in [5.41, 5.74) is -0.736. The van der Waals surface area contributed by atoms with Crippen LogP contribution in [0.4, 0.5) is 24.8 Å². The summed E-state index contributed by atoms with van der Waals surface area (Å²) in [6, 6.07) is 5.55. The van der Waals surface area contributed by atoms with E-state index in [0.29, 0.717) is 17.4 Å². The summed E-state index contributed by atoms with van der Waals surface area (Å²) >= 11 is 7.18. The van der Waals surface area contributed by atoms with E-state index in [2.05, 4.69) is 15.6 Å². The van der Waals surface area contributed by atoms with Gasteiger partial charge < -0.3 is 10.6 Å². The highest BCUT2D eigenvalue weighted by Gasteiger charge is 2.31. The second-order valence-corrected chi connectivity index (χ2v) is 6.01. The van der Waals surface area contributed by atoms with Crippen LogP contribution >= 0.6 is 22.9 Å². The molecule has 0 bridgehead atoms. The SMILES string of the molecule is CCNc1cc(C(F)(F)F)cc(NCc2ccc(Cl)s2)n1. The van der Waals surface area contributed by atoms with E-state index in [0.717, 1.165) is 17.0 Å². The first-order chi connectivity index (χ1) is 9.88. The second-order valence-electron chi connectivity index (χ2n) is 4.21. The molecule has 8 heteroatoms. The Labute approximate surface area is 129 Å². The molecule has 0 fully saturated rings. The predicted molar refractivity (Wildman–Crippen MR) is 80.1 cm³/mol. The van der Waals surface area contributed by atoms with Gasteiger partial charge >= 0.3 is 6.18 Å². The van der Waals surface area contributed by atoms with Gasteiger partial charge in [0.05, 0.1) is 16.4 Å². The van der Waals surface area contributed by atoms with E-state index in [1.807, 2.05) is 6.07 Å². The fourth-order valence-electron chi connectivity index (χ4n) is 1.68. The number of thiophene rings is 1. The quantitative estimate of drug-likeness (QED) is 0.819. The van der Waals surface area contributed by atoms with E-state index in [1.54, 1.807) is 13.0 Å². The molecule has 2 rings (SSSR count). The number of nitrogens with zero attached hydrogens (tertiary/aromatic N) is 1. The van der Waals surface area contributed by atoms with Crippen molar-refractivity contribution in [3.8, 4) is 0 Å². The minimum atomic E-state index is -4.41. The van der Waals surface area contributed by atoms with E-state index in [-0.39, 0.29) is 11.6 Å². The van der Waals surface area contributed by atoms with Crippen LogP contribution in [-0.2, 0) is 12.7 Å². The van der Waals surface area contributed by atoms with Gasteiger partial charge in [0.25, 0.3) is 0 Å². The molecule has 3 nitrogen and oxygen atoms in total. The number of alkyl halides is 3. The van der Waals surface area contributed by atoms with Crippen LogP contribution in [0.2, 0.25) is 4.34 Å². The van der Waals surface area contributed by atoms with Crippen LogP contribution in [0, 0.1) is 0 Å². The van der Waals surface area contributed by atoms with Gasteiger partial charge in [0.15, 0.2) is 0 Å². The molecule has 0 amide bonds. The molecular formula is C13H13ClF3N3S. The van der Waals surface area contributed by atoms with E-state index in [9.17, 15) is 13.2 Å². The van der Waals surface area contributed by atoms with Crippen molar-refractivity contribution in [2.24, 2.45) is 0 Å². The fraction of sp³-hybridized carbons (Fsp3) is 0.308. The Morgan fingerprint density at radius 3 is 2.38 bits per heavy atom. The van der Waals surface area contributed by atoms with Crippen LogP contribution in [0.25, 0.3) is 0 Å². The maximum atomic E-state index is 12.9. The van der Waals surface area contributed by atoms with Crippen LogP contribution < -0.4 is 10.6 Å². The van der Waals surface area contributed by atoms with Crippen LogP contribution in [0.1, 0.15) is 17.4 Å². The lowest BCUT2D eigenvalue weighted by Gasteiger charge is -2.13. The van der Waals surface area contributed by atoms with Crippen molar-refractivity contribution in [1.82, 2.24) is 4.98 Å². The summed E-state index contributed by atoms with van der Waals surface area (Å²) in [6.07, 6.45) is -4.41. The largest absolute Gasteiger partial charge is 0.416 e. The Morgan fingerprint density at radius 1 is 1.19 bits per heavy atom. The van der Waals surface area contributed by atoms with Crippen LogP contribution in [0.15, 0.2) is 24.3 Å². The topological polar surface area (TPSA) is 37.0 Å². The number of nitrogens with one attached hydrogen (secondary N) is 2. The first-order valence-electron chi connectivity index (χ1n) is 6.19. The Kier molecular flexibility index (Phi) is 4.95. The molecule has 0 radical (unpaired) electrons. The highest BCUT2D eigenvalue weighted by molar-refractivity contribution is 7.16. The molecule has 2 aromatic rings. The van der Waals surface area contributed by atoms with Crippen molar-refractivity contribution in [2.45, 2.75) is 19.6 Å². The van der Waals surface area contributed by atoms with Gasteiger partial charge in [-0.2, -0.15) is 13.2 Å². The summed E-state index contributed by atoms with van der Waals surface area (Å²) in [5, 5.41) is 5.68. The van der Waals surface area contributed by atoms with Gasteiger partial charge in [0.1, 0.15) is 11.6 Å². The number of hydrogen-bond donors (Lipinski definition) is 2. The number of halogens is 4. The zero-order valence-electron chi connectivity index (χ0n) is 11.1. The third kappa shape index (κ3) is 4.50. The lowest BCUT2D eigenvalue weighted by molar-refractivity contribution is -0.137. The van der Waals surface area contributed by atoms with Gasteiger partial charge in [-0.3, -0.25) is 0 Å². The standard InChI is InChI=1S/C13H13ClF3N3S/c1-2-18-11-5-8(13(15,16)17)6-12(20-11)19-7-9-3-4-10(14)21-9/h3-6H,2,7H2,1H3,(H2,18,19,20). The number of aromatic nitrogens is 1. The minimum absolute atomic E-state index is 0.172. The average Bonchev–Trinajstić information content (AvgIpc) is 2.81. The molecule has 2 heterocycles. The first-order valence-corrected chi connectivity index (χ1v) is 7.39. The molecule has 2 aromatic heterocycles. The van der Waals surface area contributed by atoms with E-state index in [4.69, 9.17) is 11.6 Å². The molecule has 0 aliphatic heterocycles. The number of rotatable bonds is 5. The van der Waals surface area contributed by atoms with Crippen molar-refractivity contribution >= 4 is 34.6 Å². The van der Waals surface area contributed by atoms with Gasteiger partial charge in [-0.1, -0.05) is 11.6 Å². The summed E-state index contributed by atoms with van der Waals surface area (Å²) in [4.78, 5) is 5.03. The molecule has 0 aliphatic carbocycles. The monoisotopic (exact) mass is 335 g/mol. The summed E-state index contributed by atoms with van der Waals surface area (Å²) in [5.74, 6) is 0.365. The van der Waals surface area contributed by atoms with E-state index in [1.165, 1.54) is 11.3 Å². The molecule has 0 atom stereocenters. The normalized spacial score (nSPS) is 11.5. The van der Waals surface area contributed by atoms with Gasteiger partial charge in [-0.25, -0.2) is 4.98 Å². The molecule has 0 aromatic carbocycles. The first kappa shape index (κ1) is 15.9. The number of hydrogen-bond acceptors (Lipinski definition) is 4. The van der Waals surface area contributed by atoms with Gasteiger partial charge in [-0.15, -0.1) is 11.3 Å². The second kappa shape index (κ2) is 6.53. The summed E-state index contributed by atoms with van der Waals surface area (Å²) in [6.45, 7) is 2.66. The van der Waals surface area contributed by atoms with Gasteiger partial charge in [0, 0.05) is 11.4 Å². The Morgan fingerprint density at radius 2 is 1.86 bits per heavy atom. The number of pyridine rings is 1. The van der Waals surface area contributed by atoms with Gasteiger partial charge in [0.2, 0.25) is 0 Å².